The summed E-state index contributed by atoms with van der Waals surface area (Å²) < 4.78 is 0. The molecule has 5 aromatic rings. The van der Waals surface area contributed by atoms with Crippen molar-refractivity contribution in [2.45, 2.75) is 6.92 Å². The first-order valence-electron chi connectivity index (χ1n) is 8.18. The van der Waals surface area contributed by atoms with E-state index >= 15 is 0 Å². The molecule has 8 heteroatoms. The van der Waals surface area contributed by atoms with Gasteiger partial charge in [-0.1, -0.05) is 11.6 Å². The summed E-state index contributed by atoms with van der Waals surface area (Å²) in [7, 11) is 0. The molecular formula is C19H12ClN5OS. The number of rotatable bonds is 2. The SMILES string of the molecule is Cc1ncc(-c2nc3[nH]ccc(=O)c3cc2-c2cc(Cl)c3[nH]ncc3c2)s1. The lowest BCUT2D eigenvalue weighted by Gasteiger charge is -2.10. The lowest BCUT2D eigenvalue weighted by molar-refractivity contribution is 1.12. The van der Waals surface area contributed by atoms with Crippen molar-refractivity contribution in [2.24, 2.45) is 0 Å². The van der Waals surface area contributed by atoms with Crippen molar-refractivity contribution in [3.63, 3.8) is 0 Å². The highest BCUT2D eigenvalue weighted by Crippen LogP contribution is 2.37. The number of pyridine rings is 2. The Morgan fingerprint density at radius 1 is 1.19 bits per heavy atom. The van der Waals surface area contributed by atoms with E-state index in [2.05, 4.69) is 20.2 Å². The average molecular weight is 394 g/mol. The first-order valence-corrected chi connectivity index (χ1v) is 9.38. The molecule has 4 heterocycles. The highest BCUT2D eigenvalue weighted by Gasteiger charge is 2.16. The molecule has 5 rings (SSSR count). The Kier molecular flexibility index (Phi) is 3.60. The first kappa shape index (κ1) is 16.2. The maximum atomic E-state index is 12.3. The normalized spacial score (nSPS) is 11.5. The second kappa shape index (κ2) is 6.00. The summed E-state index contributed by atoms with van der Waals surface area (Å²) in [5.41, 5.74) is 3.69. The monoisotopic (exact) mass is 393 g/mol. The van der Waals surface area contributed by atoms with Crippen LogP contribution in [0, 0.1) is 6.92 Å². The highest BCUT2D eigenvalue weighted by molar-refractivity contribution is 7.15. The summed E-state index contributed by atoms with van der Waals surface area (Å²) in [6, 6.07) is 7.21. The molecule has 0 fully saturated rings. The number of hydrogen-bond donors (Lipinski definition) is 2. The van der Waals surface area contributed by atoms with Crippen LogP contribution in [0.15, 0.2) is 47.7 Å². The number of aromatic nitrogens is 5. The van der Waals surface area contributed by atoms with Crippen molar-refractivity contribution < 1.29 is 0 Å². The molecule has 0 aliphatic rings. The van der Waals surface area contributed by atoms with E-state index in [4.69, 9.17) is 16.6 Å². The van der Waals surface area contributed by atoms with Crippen molar-refractivity contribution in [2.75, 3.05) is 0 Å². The number of aryl methyl sites for hydroxylation is 1. The van der Waals surface area contributed by atoms with Crippen molar-refractivity contribution in [1.29, 1.82) is 0 Å². The van der Waals surface area contributed by atoms with E-state index < -0.39 is 0 Å². The molecule has 0 amide bonds. The van der Waals surface area contributed by atoms with Crippen LogP contribution in [0.3, 0.4) is 0 Å². The Balaban J connectivity index is 1.88. The third-order valence-electron chi connectivity index (χ3n) is 4.41. The number of halogens is 1. The van der Waals surface area contributed by atoms with Gasteiger partial charge in [-0.25, -0.2) is 9.97 Å². The predicted molar refractivity (Wildman–Crippen MR) is 108 cm³/mol. The molecular weight excluding hydrogens is 382 g/mol. The summed E-state index contributed by atoms with van der Waals surface area (Å²) in [5, 5.41) is 9.88. The standard InChI is InChI=1S/C19H12ClN5OS/c1-9-22-8-16(27-9)18-12(6-13-15(26)2-3-21-19(13)24-18)10-4-11-7-23-25-17(11)14(20)5-10/h2-8H,1H3,(H,23,25)(H,21,24,26). The predicted octanol–water partition coefficient (Wildman–Crippen LogP) is 4.55. The second-order valence-electron chi connectivity index (χ2n) is 6.16. The summed E-state index contributed by atoms with van der Waals surface area (Å²) in [6.07, 6.45) is 5.13. The van der Waals surface area contributed by atoms with Crippen LogP contribution in [-0.2, 0) is 0 Å². The first-order chi connectivity index (χ1) is 13.1. The molecule has 0 bridgehead atoms. The molecule has 27 heavy (non-hydrogen) atoms. The Morgan fingerprint density at radius 3 is 2.89 bits per heavy atom. The summed E-state index contributed by atoms with van der Waals surface area (Å²) in [4.78, 5) is 25.4. The zero-order valence-electron chi connectivity index (χ0n) is 14.1. The van der Waals surface area contributed by atoms with E-state index in [0.29, 0.717) is 16.1 Å². The molecule has 0 saturated carbocycles. The zero-order chi connectivity index (χ0) is 18.5. The minimum Gasteiger partial charge on any atom is -0.346 e. The van der Waals surface area contributed by atoms with Crippen LogP contribution >= 0.6 is 22.9 Å². The van der Waals surface area contributed by atoms with Gasteiger partial charge >= 0.3 is 0 Å². The smallest absolute Gasteiger partial charge is 0.191 e. The quantitative estimate of drug-likeness (QED) is 0.460. The largest absolute Gasteiger partial charge is 0.346 e. The summed E-state index contributed by atoms with van der Waals surface area (Å²) in [6.45, 7) is 1.95. The topological polar surface area (TPSA) is 87.3 Å². The molecule has 0 atom stereocenters. The fraction of sp³-hybridized carbons (Fsp3) is 0.0526. The molecule has 0 spiro atoms. The Labute approximate surface area is 161 Å². The lowest BCUT2D eigenvalue weighted by atomic mass is 10.0. The molecule has 2 N–H and O–H groups in total. The van der Waals surface area contributed by atoms with Gasteiger partial charge < -0.3 is 4.98 Å². The minimum atomic E-state index is -0.0833. The molecule has 0 unspecified atom stereocenters. The molecule has 1 aromatic carbocycles. The maximum absolute atomic E-state index is 12.3. The van der Waals surface area contributed by atoms with Gasteiger partial charge in [-0.3, -0.25) is 9.89 Å². The Morgan fingerprint density at radius 2 is 2.07 bits per heavy atom. The van der Waals surface area contributed by atoms with Crippen molar-refractivity contribution >= 4 is 44.9 Å². The van der Waals surface area contributed by atoms with Crippen LogP contribution in [0.4, 0.5) is 0 Å². The number of nitrogens with zero attached hydrogens (tertiary/aromatic N) is 3. The lowest BCUT2D eigenvalue weighted by Crippen LogP contribution is -2.03. The van der Waals surface area contributed by atoms with E-state index in [1.807, 2.05) is 25.1 Å². The van der Waals surface area contributed by atoms with Crippen LogP contribution in [0.5, 0.6) is 0 Å². The van der Waals surface area contributed by atoms with Gasteiger partial charge in [0.2, 0.25) is 0 Å². The van der Waals surface area contributed by atoms with Gasteiger partial charge in [0, 0.05) is 29.4 Å². The Bertz CT molecular complexity index is 1380. The molecule has 0 aliphatic heterocycles. The molecule has 4 aromatic heterocycles. The van der Waals surface area contributed by atoms with Crippen molar-refractivity contribution in [3.8, 4) is 21.7 Å². The fourth-order valence-corrected chi connectivity index (χ4v) is 4.20. The second-order valence-corrected chi connectivity index (χ2v) is 7.80. The van der Waals surface area contributed by atoms with Gasteiger partial charge in [-0.05, 0) is 30.7 Å². The summed E-state index contributed by atoms with van der Waals surface area (Å²) in [5.74, 6) is 0. The average Bonchev–Trinajstić information content (AvgIpc) is 3.30. The number of benzene rings is 1. The van der Waals surface area contributed by atoms with Gasteiger partial charge in [-0.2, -0.15) is 5.10 Å². The van der Waals surface area contributed by atoms with E-state index in [1.165, 1.54) is 6.07 Å². The van der Waals surface area contributed by atoms with E-state index in [-0.39, 0.29) is 5.43 Å². The van der Waals surface area contributed by atoms with Crippen LogP contribution in [0.1, 0.15) is 5.01 Å². The number of fused-ring (bicyclic) bond motifs is 2. The van der Waals surface area contributed by atoms with Gasteiger partial charge in [0.1, 0.15) is 5.65 Å². The van der Waals surface area contributed by atoms with Crippen LogP contribution in [-0.4, -0.2) is 25.1 Å². The molecule has 0 aliphatic carbocycles. The fourth-order valence-electron chi connectivity index (χ4n) is 3.15. The molecule has 0 radical (unpaired) electrons. The molecule has 6 nitrogen and oxygen atoms in total. The number of aromatic amines is 2. The summed E-state index contributed by atoms with van der Waals surface area (Å²) >= 11 is 7.99. The van der Waals surface area contributed by atoms with E-state index in [0.717, 1.165) is 37.6 Å². The molecule has 0 saturated heterocycles. The minimum absolute atomic E-state index is 0.0833. The number of nitrogens with one attached hydrogen (secondary N) is 2. The molecule has 132 valence electrons. The highest BCUT2D eigenvalue weighted by atomic mass is 35.5. The third-order valence-corrected chi connectivity index (χ3v) is 5.63. The number of hydrogen-bond acceptors (Lipinski definition) is 5. The zero-order valence-corrected chi connectivity index (χ0v) is 15.6. The third kappa shape index (κ3) is 2.63. The van der Waals surface area contributed by atoms with Gasteiger partial charge in [0.05, 0.1) is 37.7 Å². The number of thiazole rings is 1. The van der Waals surface area contributed by atoms with Crippen LogP contribution in [0.2, 0.25) is 5.02 Å². The van der Waals surface area contributed by atoms with Crippen molar-refractivity contribution in [1.82, 2.24) is 25.1 Å². The van der Waals surface area contributed by atoms with E-state index in [1.54, 1.807) is 29.9 Å². The van der Waals surface area contributed by atoms with Crippen LogP contribution in [0.25, 0.3) is 43.6 Å². The van der Waals surface area contributed by atoms with Crippen molar-refractivity contribution in [3.05, 3.63) is 63.1 Å². The van der Waals surface area contributed by atoms with Gasteiger partial charge in [-0.15, -0.1) is 11.3 Å². The van der Waals surface area contributed by atoms with E-state index in [9.17, 15) is 4.79 Å². The van der Waals surface area contributed by atoms with Gasteiger partial charge in [0.25, 0.3) is 0 Å². The van der Waals surface area contributed by atoms with Crippen LogP contribution < -0.4 is 5.43 Å². The maximum Gasteiger partial charge on any atom is 0.191 e. The van der Waals surface area contributed by atoms with Gasteiger partial charge in [0.15, 0.2) is 5.43 Å². The Hall–Kier alpha value is -3.03. The number of H-pyrrole nitrogens is 2.